The van der Waals surface area contributed by atoms with Crippen LogP contribution >= 0.6 is 11.6 Å². The Balaban J connectivity index is 1.83. The molecule has 4 rings (SSSR count). The van der Waals surface area contributed by atoms with Crippen LogP contribution in [0.1, 0.15) is 31.4 Å². The number of anilines is 1. The number of amides is 2. The van der Waals surface area contributed by atoms with Gasteiger partial charge in [-0.1, -0.05) is 79.2 Å². The van der Waals surface area contributed by atoms with Crippen LogP contribution in [-0.2, 0) is 32.6 Å². The number of hydrogen-bond donors (Lipinski definition) is 1. The lowest BCUT2D eigenvalue weighted by atomic mass is 10.0. The predicted molar refractivity (Wildman–Crippen MR) is 184 cm³/mol. The summed E-state index contributed by atoms with van der Waals surface area (Å²) in [6.07, 6.45) is 0.896. The van der Waals surface area contributed by atoms with Crippen LogP contribution in [0.5, 0.6) is 11.5 Å². The SMILES string of the molecule is CC[C@@H](C)NC(=O)[C@H](Cc1ccccc1)N(Cc1cccc(OC)c1)C(=O)CN(c1ccc(OC)c(Cl)c1)S(=O)(=O)c1ccccc1. The Labute approximate surface area is 282 Å². The number of benzene rings is 4. The Bertz CT molecular complexity index is 1760. The lowest BCUT2D eigenvalue weighted by Gasteiger charge is -2.34. The first-order valence-corrected chi connectivity index (χ1v) is 17.1. The van der Waals surface area contributed by atoms with Gasteiger partial charge in [0.1, 0.15) is 24.1 Å². The van der Waals surface area contributed by atoms with E-state index in [1.807, 2.05) is 50.2 Å². The Morgan fingerprint density at radius 3 is 2.13 bits per heavy atom. The zero-order chi connectivity index (χ0) is 34.0. The van der Waals surface area contributed by atoms with Crippen molar-refractivity contribution in [3.63, 3.8) is 0 Å². The molecule has 47 heavy (non-hydrogen) atoms. The first kappa shape index (κ1) is 35.3. The fraction of sp³-hybridized carbons (Fsp3) is 0.278. The third kappa shape index (κ3) is 9.05. The summed E-state index contributed by atoms with van der Waals surface area (Å²) >= 11 is 6.44. The summed E-state index contributed by atoms with van der Waals surface area (Å²) in [7, 11) is -1.26. The van der Waals surface area contributed by atoms with E-state index >= 15 is 0 Å². The van der Waals surface area contributed by atoms with Gasteiger partial charge in [-0.3, -0.25) is 13.9 Å². The van der Waals surface area contributed by atoms with Gasteiger partial charge in [-0.25, -0.2) is 8.42 Å². The van der Waals surface area contributed by atoms with E-state index in [2.05, 4.69) is 5.32 Å². The number of hydrogen-bond acceptors (Lipinski definition) is 6. The van der Waals surface area contributed by atoms with Crippen LogP contribution in [0.25, 0.3) is 0 Å². The molecule has 0 bridgehead atoms. The molecular weight excluding hydrogens is 638 g/mol. The molecule has 0 aliphatic carbocycles. The Hall–Kier alpha value is -4.54. The third-order valence-corrected chi connectivity index (χ3v) is 9.88. The normalized spacial score (nSPS) is 12.4. The summed E-state index contributed by atoms with van der Waals surface area (Å²) in [5.74, 6) is 0.00622. The van der Waals surface area contributed by atoms with Gasteiger partial charge in [-0.15, -0.1) is 0 Å². The van der Waals surface area contributed by atoms with Crippen LogP contribution in [0.3, 0.4) is 0 Å². The van der Waals surface area contributed by atoms with Crippen molar-refractivity contribution in [1.82, 2.24) is 10.2 Å². The number of carbonyl (C=O) groups is 2. The van der Waals surface area contributed by atoms with Crippen LogP contribution in [0.4, 0.5) is 5.69 Å². The van der Waals surface area contributed by atoms with Gasteiger partial charge >= 0.3 is 0 Å². The van der Waals surface area contributed by atoms with Crippen LogP contribution in [-0.4, -0.2) is 58.0 Å². The van der Waals surface area contributed by atoms with Gasteiger partial charge in [-0.2, -0.15) is 0 Å². The molecule has 0 aromatic heterocycles. The smallest absolute Gasteiger partial charge is 0.264 e. The molecule has 0 saturated heterocycles. The molecule has 248 valence electrons. The molecule has 1 N–H and O–H groups in total. The second-order valence-corrected chi connectivity index (χ2v) is 13.3. The number of ether oxygens (including phenoxy) is 2. The van der Waals surface area contributed by atoms with Crippen molar-refractivity contribution < 1.29 is 27.5 Å². The molecule has 0 radical (unpaired) electrons. The quantitative estimate of drug-likeness (QED) is 0.163. The Kier molecular flexibility index (Phi) is 12.3. The molecule has 0 aliphatic heterocycles. The summed E-state index contributed by atoms with van der Waals surface area (Å²) < 4.78 is 40.0. The van der Waals surface area contributed by atoms with Crippen molar-refractivity contribution in [2.75, 3.05) is 25.1 Å². The van der Waals surface area contributed by atoms with E-state index in [0.717, 1.165) is 9.87 Å². The first-order chi connectivity index (χ1) is 22.6. The highest BCUT2D eigenvalue weighted by atomic mass is 35.5. The van der Waals surface area contributed by atoms with Gasteiger partial charge in [0.2, 0.25) is 11.8 Å². The Morgan fingerprint density at radius 2 is 1.51 bits per heavy atom. The van der Waals surface area contributed by atoms with E-state index < -0.39 is 28.5 Å². The molecule has 4 aromatic carbocycles. The molecule has 0 saturated carbocycles. The highest BCUT2D eigenvalue weighted by Gasteiger charge is 2.35. The largest absolute Gasteiger partial charge is 0.497 e. The first-order valence-electron chi connectivity index (χ1n) is 15.2. The number of rotatable bonds is 15. The van der Waals surface area contributed by atoms with E-state index in [4.69, 9.17) is 21.1 Å². The molecule has 2 amide bonds. The minimum absolute atomic E-state index is 0.00515. The van der Waals surface area contributed by atoms with E-state index in [1.54, 1.807) is 49.6 Å². The maximum Gasteiger partial charge on any atom is 0.264 e. The van der Waals surface area contributed by atoms with Crippen molar-refractivity contribution in [3.05, 3.63) is 119 Å². The van der Waals surface area contributed by atoms with Gasteiger partial charge in [-0.05, 0) is 66.9 Å². The summed E-state index contributed by atoms with van der Waals surface area (Å²) in [6.45, 7) is 3.27. The second kappa shape index (κ2) is 16.3. The molecule has 0 aliphatic rings. The van der Waals surface area contributed by atoms with Crippen molar-refractivity contribution in [1.29, 1.82) is 0 Å². The van der Waals surface area contributed by atoms with Crippen molar-refractivity contribution in [3.8, 4) is 11.5 Å². The van der Waals surface area contributed by atoms with Crippen molar-refractivity contribution in [2.24, 2.45) is 0 Å². The van der Waals surface area contributed by atoms with E-state index in [0.29, 0.717) is 23.5 Å². The zero-order valence-corrected chi connectivity index (χ0v) is 28.5. The van der Waals surface area contributed by atoms with Crippen LogP contribution in [0, 0.1) is 0 Å². The molecule has 2 atom stereocenters. The predicted octanol–water partition coefficient (Wildman–Crippen LogP) is 6.11. The van der Waals surface area contributed by atoms with Gasteiger partial charge < -0.3 is 19.7 Å². The van der Waals surface area contributed by atoms with Gasteiger partial charge in [0.15, 0.2) is 0 Å². The number of methoxy groups -OCH3 is 2. The monoisotopic (exact) mass is 677 g/mol. The number of nitrogens with zero attached hydrogens (tertiary/aromatic N) is 2. The molecule has 4 aromatic rings. The van der Waals surface area contributed by atoms with Crippen molar-refractivity contribution >= 4 is 39.1 Å². The standard InChI is InChI=1S/C36H40ClN3O6S/c1-5-26(2)38-36(42)33(22-27-13-8-6-9-14-27)39(24-28-15-12-16-30(21-28)45-3)35(41)25-40(29-19-20-34(46-4)32(37)23-29)47(43,44)31-17-10-7-11-18-31/h6-21,23,26,33H,5,22,24-25H2,1-4H3,(H,38,42)/t26-,33+/m1/s1. The van der Waals surface area contributed by atoms with Gasteiger partial charge in [0, 0.05) is 19.0 Å². The van der Waals surface area contributed by atoms with Crippen molar-refractivity contribution in [2.45, 2.75) is 50.2 Å². The summed E-state index contributed by atoms with van der Waals surface area (Å²) in [4.78, 5) is 30.0. The minimum atomic E-state index is -4.26. The highest BCUT2D eigenvalue weighted by molar-refractivity contribution is 7.92. The maximum atomic E-state index is 14.6. The fourth-order valence-corrected chi connectivity index (χ4v) is 6.70. The minimum Gasteiger partial charge on any atom is -0.497 e. The molecule has 0 heterocycles. The van der Waals surface area contributed by atoms with Gasteiger partial charge in [0.25, 0.3) is 10.0 Å². The lowest BCUT2D eigenvalue weighted by Crippen LogP contribution is -2.54. The summed E-state index contributed by atoms with van der Waals surface area (Å²) in [6, 6.07) is 27.9. The maximum absolute atomic E-state index is 14.6. The summed E-state index contributed by atoms with van der Waals surface area (Å²) in [5, 5.41) is 3.21. The van der Waals surface area contributed by atoms with Crippen LogP contribution in [0.2, 0.25) is 5.02 Å². The van der Waals surface area contributed by atoms with Crippen LogP contribution in [0.15, 0.2) is 108 Å². The average molecular weight is 678 g/mol. The highest BCUT2D eigenvalue weighted by Crippen LogP contribution is 2.32. The van der Waals surface area contributed by atoms with Gasteiger partial charge in [0.05, 0.1) is 29.8 Å². The van der Waals surface area contributed by atoms with E-state index in [1.165, 1.54) is 36.3 Å². The fourth-order valence-electron chi connectivity index (χ4n) is 5.02. The number of sulfonamides is 1. The van der Waals surface area contributed by atoms with Crippen LogP contribution < -0.4 is 19.1 Å². The molecular formula is C36H40ClN3O6S. The van der Waals surface area contributed by atoms with E-state index in [-0.39, 0.29) is 40.5 Å². The zero-order valence-electron chi connectivity index (χ0n) is 26.9. The summed E-state index contributed by atoms with van der Waals surface area (Å²) in [5.41, 5.74) is 1.71. The second-order valence-electron chi connectivity index (χ2n) is 11.0. The number of carbonyl (C=O) groups excluding carboxylic acids is 2. The van der Waals surface area contributed by atoms with E-state index in [9.17, 15) is 18.0 Å². The molecule has 0 unspecified atom stereocenters. The molecule has 11 heteroatoms. The molecule has 9 nitrogen and oxygen atoms in total. The lowest BCUT2D eigenvalue weighted by molar-refractivity contribution is -0.140. The molecule has 0 fully saturated rings. The molecule has 0 spiro atoms. The number of nitrogens with one attached hydrogen (secondary N) is 1. The number of halogens is 1. The average Bonchev–Trinajstić information content (AvgIpc) is 3.09. The third-order valence-electron chi connectivity index (χ3n) is 7.79. The Morgan fingerprint density at radius 1 is 0.851 bits per heavy atom. The topological polar surface area (TPSA) is 105 Å².